The molecule has 1 atom stereocenters. The van der Waals surface area contributed by atoms with Crippen molar-refractivity contribution in [3.05, 3.63) is 59.2 Å². The first-order chi connectivity index (χ1) is 13.3. The molecule has 0 fully saturated rings. The summed E-state index contributed by atoms with van der Waals surface area (Å²) in [6.45, 7) is 1.96. The summed E-state index contributed by atoms with van der Waals surface area (Å²) in [7, 11) is -0.244. The van der Waals surface area contributed by atoms with Gasteiger partial charge < -0.3 is 5.32 Å². The Hall–Kier alpha value is -2.22. The van der Waals surface area contributed by atoms with Crippen molar-refractivity contribution < 1.29 is 13.2 Å². The van der Waals surface area contributed by atoms with Gasteiger partial charge in [-0.2, -0.15) is 0 Å². The minimum Gasteiger partial charge on any atom is -0.325 e. The van der Waals surface area contributed by atoms with Crippen LogP contribution in [-0.4, -0.2) is 39.9 Å². The van der Waals surface area contributed by atoms with Gasteiger partial charge in [-0.3, -0.25) is 9.69 Å². The number of amides is 1. The van der Waals surface area contributed by atoms with E-state index >= 15 is 0 Å². The van der Waals surface area contributed by atoms with Gasteiger partial charge in [0.05, 0.1) is 11.4 Å². The Morgan fingerprint density at radius 2 is 1.96 bits per heavy atom. The predicted octanol–water partition coefficient (Wildman–Crippen LogP) is 2.85. The lowest BCUT2D eigenvalue weighted by atomic mass is 9.87. The van der Waals surface area contributed by atoms with Crippen LogP contribution >= 0.6 is 0 Å². The number of nitrogens with zero attached hydrogens (tertiary/aromatic N) is 1. The highest BCUT2D eigenvalue weighted by Gasteiger charge is 2.24. The first-order valence-corrected chi connectivity index (χ1v) is 10.9. The third-order valence-electron chi connectivity index (χ3n) is 5.29. The monoisotopic (exact) mass is 401 g/mol. The summed E-state index contributed by atoms with van der Waals surface area (Å²) in [4.78, 5) is 14.8. The van der Waals surface area contributed by atoms with Gasteiger partial charge in [-0.15, -0.1) is 0 Å². The van der Waals surface area contributed by atoms with Crippen LogP contribution in [0, 0.1) is 6.92 Å². The van der Waals surface area contributed by atoms with Crippen molar-refractivity contribution in [1.29, 1.82) is 0 Å². The summed E-state index contributed by atoms with van der Waals surface area (Å²) < 4.78 is 26.6. The lowest BCUT2D eigenvalue weighted by Crippen LogP contribution is -2.35. The Morgan fingerprint density at radius 3 is 2.71 bits per heavy atom. The Morgan fingerprint density at radius 1 is 1.21 bits per heavy atom. The summed E-state index contributed by atoms with van der Waals surface area (Å²) in [6, 6.07) is 13.5. The number of carbonyl (C=O) groups is 1. The fourth-order valence-electron chi connectivity index (χ4n) is 3.80. The normalized spacial score (nSPS) is 16.6. The molecule has 28 heavy (non-hydrogen) atoms. The van der Waals surface area contributed by atoms with Gasteiger partial charge in [-0.1, -0.05) is 30.3 Å². The van der Waals surface area contributed by atoms with Gasteiger partial charge in [0, 0.05) is 11.7 Å². The third-order valence-corrected chi connectivity index (χ3v) is 6.85. The molecule has 0 saturated carbocycles. The number of benzene rings is 2. The molecule has 0 spiro atoms. The van der Waals surface area contributed by atoms with E-state index < -0.39 is 10.0 Å². The third kappa shape index (κ3) is 4.43. The van der Waals surface area contributed by atoms with Gasteiger partial charge in [0.15, 0.2) is 0 Å². The highest BCUT2D eigenvalue weighted by atomic mass is 32.2. The highest BCUT2D eigenvalue weighted by molar-refractivity contribution is 7.89. The molecule has 2 N–H and O–H groups in total. The van der Waals surface area contributed by atoms with E-state index in [9.17, 15) is 13.2 Å². The topological polar surface area (TPSA) is 78.5 Å². The highest BCUT2D eigenvalue weighted by Crippen LogP contribution is 2.33. The largest absolute Gasteiger partial charge is 0.325 e. The number of nitrogens with one attached hydrogen (secondary N) is 2. The number of fused-ring (bicyclic) bond motifs is 1. The second-order valence-electron chi connectivity index (χ2n) is 7.26. The molecule has 2 aromatic rings. The van der Waals surface area contributed by atoms with Crippen LogP contribution < -0.4 is 10.0 Å². The summed E-state index contributed by atoms with van der Waals surface area (Å²) in [5, 5.41) is 2.83. The predicted molar refractivity (Wildman–Crippen MR) is 111 cm³/mol. The SMILES string of the molecule is CNS(=O)(=O)c1cc(NC(=O)CN(C)[C@@H]2CCCc3ccccc32)ccc1C. The van der Waals surface area contributed by atoms with Crippen LogP contribution in [0.2, 0.25) is 0 Å². The van der Waals surface area contributed by atoms with E-state index in [-0.39, 0.29) is 23.4 Å². The Kier molecular flexibility index (Phi) is 6.17. The Bertz CT molecular complexity index is 973. The zero-order valence-electron chi connectivity index (χ0n) is 16.5. The number of hydrogen-bond donors (Lipinski definition) is 2. The van der Waals surface area contributed by atoms with Gasteiger partial charge in [0.2, 0.25) is 15.9 Å². The quantitative estimate of drug-likeness (QED) is 0.780. The maximum atomic E-state index is 12.6. The molecule has 2 aromatic carbocycles. The Balaban J connectivity index is 1.71. The van der Waals surface area contributed by atoms with Crippen LogP contribution in [0.4, 0.5) is 5.69 Å². The second-order valence-corrected chi connectivity index (χ2v) is 9.11. The molecule has 0 radical (unpaired) electrons. The van der Waals surface area contributed by atoms with Crippen molar-refractivity contribution in [2.75, 3.05) is 26.0 Å². The molecule has 7 heteroatoms. The van der Waals surface area contributed by atoms with Gasteiger partial charge in [0.1, 0.15) is 0 Å². The number of hydrogen-bond acceptors (Lipinski definition) is 4. The Labute approximate surface area is 167 Å². The smallest absolute Gasteiger partial charge is 0.240 e. The molecule has 0 aliphatic heterocycles. The molecule has 0 unspecified atom stereocenters. The lowest BCUT2D eigenvalue weighted by Gasteiger charge is -2.32. The molecule has 6 nitrogen and oxygen atoms in total. The van der Waals surface area contributed by atoms with Crippen molar-refractivity contribution in [3.63, 3.8) is 0 Å². The molecule has 1 aliphatic carbocycles. The van der Waals surface area contributed by atoms with Crippen LogP contribution in [0.5, 0.6) is 0 Å². The van der Waals surface area contributed by atoms with Crippen molar-refractivity contribution in [3.8, 4) is 0 Å². The summed E-state index contributed by atoms with van der Waals surface area (Å²) in [5.41, 5.74) is 3.75. The zero-order chi connectivity index (χ0) is 20.3. The number of likely N-dealkylation sites (N-methyl/N-ethyl adjacent to an activating group) is 1. The fraction of sp³-hybridized carbons (Fsp3) is 0.381. The average Bonchev–Trinajstić information content (AvgIpc) is 2.68. The van der Waals surface area contributed by atoms with E-state index in [4.69, 9.17) is 0 Å². The number of anilines is 1. The van der Waals surface area contributed by atoms with Crippen molar-refractivity contribution in [2.45, 2.75) is 37.1 Å². The number of rotatable bonds is 6. The molecule has 1 aliphatic rings. The molecule has 1 amide bonds. The number of aryl methyl sites for hydroxylation is 2. The molecule has 0 heterocycles. The van der Waals surface area contributed by atoms with Crippen molar-refractivity contribution >= 4 is 21.6 Å². The van der Waals surface area contributed by atoms with E-state index in [1.165, 1.54) is 24.2 Å². The van der Waals surface area contributed by atoms with Crippen molar-refractivity contribution in [1.82, 2.24) is 9.62 Å². The van der Waals surface area contributed by atoms with E-state index in [0.29, 0.717) is 11.3 Å². The standard InChI is InChI=1S/C21H27N3O3S/c1-15-11-12-17(13-20(15)28(26,27)22-2)23-21(25)14-24(3)19-10-6-8-16-7-4-5-9-18(16)19/h4-5,7,9,11-13,19,22H,6,8,10,14H2,1-3H3,(H,23,25)/t19-/m1/s1. The van der Waals surface area contributed by atoms with Gasteiger partial charge in [-0.05, 0) is 69.1 Å². The average molecular weight is 402 g/mol. The van der Waals surface area contributed by atoms with Crippen LogP contribution in [0.3, 0.4) is 0 Å². The van der Waals surface area contributed by atoms with Crippen LogP contribution in [0.15, 0.2) is 47.4 Å². The number of sulfonamides is 1. The summed E-state index contributed by atoms with van der Waals surface area (Å²) in [5.74, 6) is -0.165. The molecule has 150 valence electrons. The molecular formula is C21H27N3O3S. The number of carbonyl (C=O) groups excluding carboxylic acids is 1. The van der Waals surface area contributed by atoms with E-state index in [1.807, 2.05) is 13.1 Å². The van der Waals surface area contributed by atoms with Crippen LogP contribution in [0.25, 0.3) is 0 Å². The fourth-order valence-corrected chi connectivity index (χ4v) is 4.79. The molecule has 0 saturated heterocycles. The zero-order valence-corrected chi connectivity index (χ0v) is 17.3. The summed E-state index contributed by atoms with van der Waals surface area (Å²) in [6.07, 6.45) is 3.21. The lowest BCUT2D eigenvalue weighted by molar-refractivity contribution is -0.117. The van der Waals surface area contributed by atoms with Gasteiger partial charge >= 0.3 is 0 Å². The summed E-state index contributed by atoms with van der Waals surface area (Å²) >= 11 is 0. The first kappa shape index (κ1) is 20.5. The second kappa shape index (κ2) is 8.43. The maximum absolute atomic E-state index is 12.6. The first-order valence-electron chi connectivity index (χ1n) is 9.44. The van der Waals surface area contributed by atoms with Crippen LogP contribution in [0.1, 0.15) is 35.6 Å². The molecule has 3 rings (SSSR count). The van der Waals surface area contributed by atoms with Gasteiger partial charge in [-0.25, -0.2) is 13.1 Å². The van der Waals surface area contributed by atoms with Crippen molar-refractivity contribution in [2.24, 2.45) is 0 Å². The van der Waals surface area contributed by atoms with E-state index in [2.05, 4.69) is 33.1 Å². The minimum atomic E-state index is -3.57. The maximum Gasteiger partial charge on any atom is 0.240 e. The molecular weight excluding hydrogens is 374 g/mol. The van der Waals surface area contributed by atoms with Crippen LogP contribution in [-0.2, 0) is 21.2 Å². The molecule has 0 bridgehead atoms. The van der Waals surface area contributed by atoms with Gasteiger partial charge in [0.25, 0.3) is 0 Å². The van der Waals surface area contributed by atoms with E-state index in [0.717, 1.165) is 19.3 Å². The minimum absolute atomic E-state index is 0.165. The molecule has 0 aromatic heterocycles. The van der Waals surface area contributed by atoms with E-state index in [1.54, 1.807) is 19.1 Å².